The predicted octanol–water partition coefficient (Wildman–Crippen LogP) is 5.41. The van der Waals surface area contributed by atoms with E-state index in [0.29, 0.717) is 17.1 Å². The Morgan fingerprint density at radius 3 is 2.45 bits per heavy atom. The highest BCUT2D eigenvalue weighted by molar-refractivity contribution is 9.10. The van der Waals surface area contributed by atoms with Crippen molar-refractivity contribution in [3.8, 4) is 0 Å². The van der Waals surface area contributed by atoms with Crippen molar-refractivity contribution in [1.29, 1.82) is 0 Å². The minimum absolute atomic E-state index is 0.100. The zero-order chi connectivity index (χ0) is 21.2. The highest BCUT2D eigenvalue weighted by Gasteiger charge is 2.24. The molecule has 0 saturated heterocycles. The molecule has 0 saturated carbocycles. The van der Waals surface area contributed by atoms with Crippen LogP contribution in [-0.2, 0) is 10.0 Å². The van der Waals surface area contributed by atoms with E-state index in [1.165, 1.54) is 15.6 Å². The van der Waals surface area contributed by atoms with Gasteiger partial charge in [0.25, 0.3) is 15.9 Å². The zero-order valence-electron chi connectivity index (χ0n) is 16.5. The van der Waals surface area contributed by atoms with Gasteiger partial charge in [0.15, 0.2) is 0 Å². The number of sulfonamides is 1. The number of anilines is 1. The Bertz CT molecular complexity index is 1120. The van der Waals surface area contributed by atoms with Crippen LogP contribution in [0.3, 0.4) is 0 Å². The van der Waals surface area contributed by atoms with E-state index in [-0.39, 0.29) is 16.8 Å². The van der Waals surface area contributed by atoms with Crippen molar-refractivity contribution in [3.05, 3.63) is 57.9 Å². The third kappa shape index (κ3) is 4.65. The van der Waals surface area contributed by atoms with Crippen LogP contribution in [0.1, 0.15) is 36.9 Å². The average molecular weight is 495 g/mol. The first-order valence-corrected chi connectivity index (χ1v) is 12.4. The van der Waals surface area contributed by atoms with Gasteiger partial charge in [-0.1, -0.05) is 22.9 Å². The number of benzene rings is 2. The molecular weight excluding hydrogens is 472 g/mol. The normalized spacial score (nSPS) is 12.7. The van der Waals surface area contributed by atoms with E-state index in [2.05, 4.69) is 21.2 Å². The van der Waals surface area contributed by atoms with Crippen molar-refractivity contribution in [2.24, 2.45) is 0 Å². The maximum atomic E-state index is 13.1. The number of nitrogens with one attached hydrogen (secondary N) is 1. The van der Waals surface area contributed by atoms with Gasteiger partial charge in [0.2, 0.25) is 0 Å². The summed E-state index contributed by atoms with van der Waals surface area (Å²) >= 11 is 4.74. The highest BCUT2D eigenvalue weighted by Crippen LogP contribution is 2.32. The van der Waals surface area contributed by atoms with Gasteiger partial charge in [-0.2, -0.15) is 0 Å². The summed E-state index contributed by atoms with van der Waals surface area (Å²) < 4.78 is 29.4. The quantitative estimate of drug-likeness (QED) is 0.477. The minimum Gasteiger partial charge on any atom is -0.349 e. The van der Waals surface area contributed by atoms with Crippen LogP contribution in [0.2, 0.25) is 0 Å². The Morgan fingerprint density at radius 2 is 1.83 bits per heavy atom. The second kappa shape index (κ2) is 8.85. The largest absolute Gasteiger partial charge is 0.349 e. The van der Waals surface area contributed by atoms with E-state index in [1.54, 1.807) is 37.3 Å². The molecule has 0 radical (unpaired) electrons. The first-order chi connectivity index (χ1) is 13.8. The van der Waals surface area contributed by atoms with Crippen LogP contribution in [0.25, 0.3) is 10.1 Å². The van der Waals surface area contributed by atoms with Crippen molar-refractivity contribution >= 4 is 59.0 Å². The predicted molar refractivity (Wildman–Crippen MR) is 123 cm³/mol. The maximum Gasteiger partial charge on any atom is 0.264 e. The van der Waals surface area contributed by atoms with E-state index >= 15 is 0 Å². The summed E-state index contributed by atoms with van der Waals surface area (Å²) in [6.45, 7) is 6.09. The summed E-state index contributed by atoms with van der Waals surface area (Å²) in [5.74, 6) is -0.100. The van der Waals surface area contributed by atoms with Gasteiger partial charge >= 0.3 is 0 Å². The number of carbonyl (C=O) groups is 1. The number of hydrogen-bond donors (Lipinski definition) is 1. The lowest BCUT2D eigenvalue weighted by Crippen LogP contribution is -2.31. The summed E-state index contributed by atoms with van der Waals surface area (Å²) in [4.78, 5) is 13.3. The van der Waals surface area contributed by atoms with Crippen molar-refractivity contribution in [2.45, 2.75) is 38.1 Å². The lowest BCUT2D eigenvalue weighted by molar-refractivity contribution is 0.0943. The molecule has 1 atom stereocenters. The lowest BCUT2D eigenvalue weighted by Gasteiger charge is -2.23. The lowest BCUT2D eigenvalue weighted by atomic mass is 10.2. The van der Waals surface area contributed by atoms with E-state index in [0.717, 1.165) is 21.0 Å². The van der Waals surface area contributed by atoms with Crippen molar-refractivity contribution in [1.82, 2.24) is 5.32 Å². The number of thiophene rings is 1. The molecule has 3 rings (SSSR count). The molecular formula is C21H23BrN2O3S2. The molecule has 0 aliphatic carbocycles. The fraction of sp³-hybridized carbons (Fsp3) is 0.286. The fourth-order valence-corrected chi connectivity index (χ4v) is 5.60. The molecule has 2 aromatic carbocycles. The van der Waals surface area contributed by atoms with Crippen molar-refractivity contribution in [3.63, 3.8) is 0 Å². The molecule has 0 aliphatic heterocycles. The SMILES string of the molecule is CC[C@H](C)NC(=O)c1cc2cc(N(CC)S(=O)(=O)c3ccc(Br)cc3)ccc2s1. The van der Waals surface area contributed by atoms with Gasteiger partial charge in [0, 0.05) is 21.8 Å². The van der Waals surface area contributed by atoms with E-state index in [9.17, 15) is 13.2 Å². The van der Waals surface area contributed by atoms with Crippen LogP contribution in [0.5, 0.6) is 0 Å². The number of halogens is 1. The summed E-state index contributed by atoms with van der Waals surface area (Å²) in [6.07, 6.45) is 0.861. The van der Waals surface area contributed by atoms with Crippen LogP contribution < -0.4 is 9.62 Å². The van der Waals surface area contributed by atoms with Crippen LogP contribution in [0.15, 0.2) is 57.9 Å². The number of hydrogen-bond acceptors (Lipinski definition) is 4. The average Bonchev–Trinajstić information content (AvgIpc) is 3.12. The molecule has 3 aromatic rings. The molecule has 0 bridgehead atoms. The Hall–Kier alpha value is -1.90. The number of fused-ring (bicyclic) bond motifs is 1. The molecule has 0 fully saturated rings. The molecule has 0 spiro atoms. The van der Waals surface area contributed by atoms with Gasteiger partial charge in [-0.05, 0) is 74.2 Å². The van der Waals surface area contributed by atoms with Gasteiger partial charge in [0.05, 0.1) is 15.5 Å². The van der Waals surface area contributed by atoms with Crippen LogP contribution in [-0.4, -0.2) is 26.9 Å². The van der Waals surface area contributed by atoms with Crippen LogP contribution >= 0.6 is 27.3 Å². The minimum atomic E-state index is -3.68. The molecule has 1 N–H and O–H groups in total. The maximum absolute atomic E-state index is 13.1. The molecule has 154 valence electrons. The fourth-order valence-electron chi connectivity index (χ4n) is 2.92. The molecule has 1 amide bonds. The van der Waals surface area contributed by atoms with E-state index < -0.39 is 10.0 Å². The molecule has 0 aliphatic rings. The zero-order valence-corrected chi connectivity index (χ0v) is 19.7. The van der Waals surface area contributed by atoms with Gasteiger partial charge in [0.1, 0.15) is 0 Å². The Morgan fingerprint density at radius 1 is 1.14 bits per heavy atom. The second-order valence-corrected chi connectivity index (χ2v) is 10.6. The third-order valence-electron chi connectivity index (χ3n) is 4.69. The summed E-state index contributed by atoms with van der Waals surface area (Å²) in [6, 6.07) is 14.0. The topological polar surface area (TPSA) is 66.5 Å². The van der Waals surface area contributed by atoms with Crippen LogP contribution in [0, 0.1) is 0 Å². The molecule has 5 nitrogen and oxygen atoms in total. The number of carbonyl (C=O) groups excluding carboxylic acids is 1. The molecule has 29 heavy (non-hydrogen) atoms. The molecule has 1 heterocycles. The van der Waals surface area contributed by atoms with Crippen LogP contribution in [0.4, 0.5) is 5.69 Å². The Balaban J connectivity index is 1.95. The van der Waals surface area contributed by atoms with Gasteiger partial charge in [-0.3, -0.25) is 9.10 Å². The smallest absolute Gasteiger partial charge is 0.264 e. The summed E-state index contributed by atoms with van der Waals surface area (Å²) in [7, 11) is -3.68. The van der Waals surface area contributed by atoms with Gasteiger partial charge < -0.3 is 5.32 Å². The highest BCUT2D eigenvalue weighted by atomic mass is 79.9. The van der Waals surface area contributed by atoms with Gasteiger partial charge in [-0.15, -0.1) is 11.3 Å². The summed E-state index contributed by atoms with van der Waals surface area (Å²) in [5.41, 5.74) is 0.578. The van der Waals surface area contributed by atoms with Crippen molar-refractivity contribution in [2.75, 3.05) is 10.8 Å². The molecule has 0 unspecified atom stereocenters. The summed E-state index contributed by atoms with van der Waals surface area (Å²) in [5, 5.41) is 3.82. The van der Waals surface area contributed by atoms with Crippen molar-refractivity contribution < 1.29 is 13.2 Å². The first-order valence-electron chi connectivity index (χ1n) is 9.39. The number of rotatable bonds is 7. The monoisotopic (exact) mass is 494 g/mol. The van der Waals surface area contributed by atoms with E-state index in [1.807, 2.05) is 32.0 Å². The second-order valence-electron chi connectivity index (χ2n) is 6.74. The number of amides is 1. The number of nitrogens with zero attached hydrogens (tertiary/aromatic N) is 1. The third-order valence-corrected chi connectivity index (χ3v) is 8.25. The first kappa shape index (κ1) is 21.8. The Labute approximate surface area is 183 Å². The standard InChI is InChI=1S/C21H23BrN2O3S2/c1-4-14(3)23-21(25)20-13-15-12-17(8-11-19(15)28-20)24(5-2)29(26,27)18-9-6-16(22)7-10-18/h6-14H,4-5H2,1-3H3,(H,23,25)/t14-/m0/s1. The van der Waals surface area contributed by atoms with E-state index in [4.69, 9.17) is 0 Å². The molecule has 8 heteroatoms. The van der Waals surface area contributed by atoms with Gasteiger partial charge in [-0.25, -0.2) is 8.42 Å². The molecule has 1 aromatic heterocycles. The Kier molecular flexibility index (Phi) is 6.65.